The van der Waals surface area contributed by atoms with E-state index < -0.39 is 98.5 Å². The van der Waals surface area contributed by atoms with Gasteiger partial charge in [0, 0.05) is 37.3 Å². The van der Waals surface area contributed by atoms with E-state index >= 15 is 0 Å². The Morgan fingerprint density at radius 1 is 1.09 bits per heavy atom. The standard InChI is InChI=1S/C40H49F4N3O9S/c1-23-8-6-7-9-26-20-38(26,36(51)46-57(52,53)39(41)13-14-39)21-32(48)31-18-28(55-34-29-11-10-27(54-5)17-25(29)12-15-45-34)22-47(31)35(50)30(24(2)16-23)19-33(49)56-37(3,4)40(42,43)44/h7,9-12,15,17,23-24,26,28,30-31H,6,8,13-14,16,18-22H2,1-5H3,(H,46,51)/b9-7-/t23-,24+,26+,28+,30-,31-,38+/m0/s1. The Bertz CT molecular complexity index is 2050. The predicted octanol–water partition coefficient (Wildman–Crippen LogP) is 6.37. The summed E-state index contributed by atoms with van der Waals surface area (Å²) in [7, 11) is -3.17. The number of esters is 1. The monoisotopic (exact) mass is 823 g/mol. The van der Waals surface area contributed by atoms with E-state index in [2.05, 4.69) is 4.98 Å². The highest BCUT2D eigenvalue weighted by Crippen LogP contribution is 2.58. The topological polar surface area (TPSA) is 158 Å². The van der Waals surface area contributed by atoms with Crippen molar-refractivity contribution in [2.45, 2.75) is 114 Å². The molecule has 1 aromatic carbocycles. The van der Waals surface area contributed by atoms with Gasteiger partial charge in [-0.2, -0.15) is 13.2 Å². The van der Waals surface area contributed by atoms with Crippen molar-refractivity contribution in [2.75, 3.05) is 13.7 Å². The molecule has 1 saturated heterocycles. The number of hydrogen-bond acceptors (Lipinski definition) is 10. The van der Waals surface area contributed by atoms with Crippen molar-refractivity contribution in [3.05, 3.63) is 42.6 Å². The van der Waals surface area contributed by atoms with Crippen LogP contribution < -0.4 is 14.2 Å². The number of fused-ring (bicyclic) bond motifs is 3. The maximum Gasteiger partial charge on any atom is 0.427 e. The fourth-order valence-electron chi connectivity index (χ4n) is 8.05. The summed E-state index contributed by atoms with van der Waals surface area (Å²) in [5.74, 6) is -5.02. The average Bonchev–Trinajstić information content (AvgIpc) is 4.01. The van der Waals surface area contributed by atoms with Crippen LogP contribution in [0.2, 0.25) is 0 Å². The third-order valence-electron chi connectivity index (χ3n) is 12.0. The van der Waals surface area contributed by atoms with Gasteiger partial charge in [-0.25, -0.2) is 22.5 Å². The summed E-state index contributed by atoms with van der Waals surface area (Å²) in [6.07, 6.45) is -0.710. The van der Waals surface area contributed by atoms with Crippen LogP contribution in [0.25, 0.3) is 10.8 Å². The molecule has 4 aliphatic rings. The number of nitrogens with one attached hydrogen (secondary N) is 1. The third-order valence-corrected chi connectivity index (χ3v) is 13.8. The van der Waals surface area contributed by atoms with Gasteiger partial charge in [-0.15, -0.1) is 0 Å². The lowest BCUT2D eigenvalue weighted by atomic mass is 9.82. The van der Waals surface area contributed by atoms with Gasteiger partial charge < -0.3 is 19.1 Å². The number of carbonyl (C=O) groups is 4. The normalized spacial score (nSPS) is 29.9. The molecule has 17 heteroatoms. The van der Waals surface area contributed by atoms with Crippen LogP contribution in [0.3, 0.4) is 0 Å². The molecule has 2 aromatic rings. The molecular weight excluding hydrogens is 775 g/mol. The second-order valence-electron chi connectivity index (χ2n) is 16.7. The van der Waals surface area contributed by atoms with Gasteiger partial charge in [0.2, 0.25) is 28.3 Å². The molecular formula is C40H49F4N3O9S. The molecule has 3 heterocycles. The number of sulfonamides is 1. The third kappa shape index (κ3) is 8.77. The zero-order valence-electron chi connectivity index (χ0n) is 32.6. The first-order valence-corrected chi connectivity index (χ1v) is 20.7. The molecule has 0 bridgehead atoms. The van der Waals surface area contributed by atoms with Gasteiger partial charge in [0.25, 0.3) is 10.0 Å². The van der Waals surface area contributed by atoms with E-state index in [9.17, 15) is 45.2 Å². The highest BCUT2D eigenvalue weighted by molar-refractivity contribution is 7.91. The van der Waals surface area contributed by atoms with Gasteiger partial charge in [-0.05, 0) is 86.9 Å². The number of allylic oxidation sites excluding steroid dienone is 2. The number of alkyl halides is 4. The molecule has 0 spiro atoms. The average molecular weight is 824 g/mol. The molecule has 3 fully saturated rings. The number of ketones is 1. The Kier molecular flexibility index (Phi) is 11.5. The second-order valence-corrected chi connectivity index (χ2v) is 18.7. The van der Waals surface area contributed by atoms with Crippen molar-refractivity contribution < 1.29 is 59.4 Å². The Labute approximate surface area is 329 Å². The number of pyridine rings is 1. The van der Waals surface area contributed by atoms with E-state index in [0.29, 0.717) is 30.4 Å². The van der Waals surface area contributed by atoms with Crippen molar-refractivity contribution in [1.82, 2.24) is 14.6 Å². The molecule has 312 valence electrons. The highest BCUT2D eigenvalue weighted by atomic mass is 32.2. The summed E-state index contributed by atoms with van der Waals surface area (Å²) >= 11 is 0. The predicted molar refractivity (Wildman–Crippen MR) is 199 cm³/mol. The number of ether oxygens (including phenoxy) is 3. The number of amides is 2. The lowest BCUT2D eigenvalue weighted by Crippen LogP contribution is -2.48. The van der Waals surface area contributed by atoms with Crippen LogP contribution in [0.5, 0.6) is 11.6 Å². The molecule has 1 N–H and O–H groups in total. The summed E-state index contributed by atoms with van der Waals surface area (Å²) in [5.41, 5.74) is -4.37. The van der Waals surface area contributed by atoms with Crippen LogP contribution in [0.15, 0.2) is 42.6 Å². The fraction of sp³-hybridized carbons (Fsp3) is 0.625. The highest BCUT2D eigenvalue weighted by Gasteiger charge is 2.64. The van der Waals surface area contributed by atoms with Crippen molar-refractivity contribution >= 4 is 44.4 Å². The van der Waals surface area contributed by atoms with E-state index in [4.69, 9.17) is 14.2 Å². The minimum absolute atomic E-state index is 0.0208. The van der Waals surface area contributed by atoms with E-state index in [1.807, 2.05) is 17.7 Å². The van der Waals surface area contributed by atoms with Gasteiger partial charge in [-0.1, -0.05) is 26.0 Å². The molecule has 2 saturated carbocycles. The number of aromatic nitrogens is 1. The molecule has 2 aliphatic heterocycles. The number of halogens is 4. The van der Waals surface area contributed by atoms with E-state index in [1.165, 1.54) is 18.2 Å². The molecule has 12 nitrogen and oxygen atoms in total. The Hall–Kier alpha value is -4.28. The van der Waals surface area contributed by atoms with E-state index in [1.54, 1.807) is 37.3 Å². The quantitative estimate of drug-likeness (QED) is 0.171. The molecule has 0 unspecified atom stereocenters. The van der Waals surface area contributed by atoms with E-state index in [-0.39, 0.29) is 44.0 Å². The summed E-state index contributed by atoms with van der Waals surface area (Å²) in [5, 5.41) is -1.22. The molecule has 0 radical (unpaired) electrons. The van der Waals surface area contributed by atoms with Gasteiger partial charge >= 0.3 is 12.1 Å². The van der Waals surface area contributed by atoms with Gasteiger partial charge in [0.1, 0.15) is 11.9 Å². The first-order valence-electron chi connectivity index (χ1n) is 19.2. The molecule has 57 heavy (non-hydrogen) atoms. The summed E-state index contributed by atoms with van der Waals surface area (Å²) in [6, 6.07) is 5.75. The molecule has 7 atom stereocenters. The number of carbonyl (C=O) groups excluding carboxylic acids is 4. The first-order chi connectivity index (χ1) is 26.6. The largest absolute Gasteiger partial charge is 0.497 e. The number of nitrogens with zero attached hydrogens (tertiary/aromatic N) is 2. The SMILES string of the molecule is COc1ccc2c(O[C@@H]3C[C@H]4C(=O)C[C@]5(C(=O)NS(=O)(=O)C6(F)CC6)C[C@H]5/C=C\CC[C@H](C)C[C@@H](C)[C@H](CC(=O)OC(C)(C)C(F)(F)F)C(=O)N4C3)nccc2c1. The maximum atomic E-state index is 14.8. The number of rotatable bonds is 9. The van der Waals surface area contributed by atoms with Gasteiger partial charge in [0.05, 0.1) is 37.5 Å². The smallest absolute Gasteiger partial charge is 0.427 e. The lowest BCUT2D eigenvalue weighted by Gasteiger charge is -2.33. The maximum absolute atomic E-state index is 14.8. The molecule has 6 rings (SSSR count). The molecule has 1 aromatic heterocycles. The van der Waals surface area contributed by atoms with Crippen molar-refractivity contribution in [2.24, 2.45) is 29.1 Å². The summed E-state index contributed by atoms with van der Waals surface area (Å²) in [4.78, 5) is 61.9. The molecule has 2 amide bonds. The van der Waals surface area contributed by atoms with Crippen LogP contribution in [0.4, 0.5) is 17.6 Å². The van der Waals surface area contributed by atoms with Crippen LogP contribution in [0.1, 0.15) is 85.5 Å². The van der Waals surface area contributed by atoms with E-state index in [0.717, 1.165) is 19.2 Å². The number of benzene rings is 1. The number of methoxy groups -OCH3 is 1. The number of Topliss-reactive ketones (excluding diaryl/α,β-unsaturated/α-hetero) is 1. The summed E-state index contributed by atoms with van der Waals surface area (Å²) in [6.45, 7) is 4.94. The Morgan fingerprint density at radius 3 is 2.47 bits per heavy atom. The fourth-order valence-corrected chi connectivity index (χ4v) is 9.32. The first kappa shape index (κ1) is 42.3. The van der Waals surface area contributed by atoms with Gasteiger partial charge in [0.15, 0.2) is 5.78 Å². The zero-order valence-corrected chi connectivity index (χ0v) is 33.4. The minimum Gasteiger partial charge on any atom is -0.497 e. The van der Waals surface area contributed by atoms with Crippen molar-refractivity contribution in [1.29, 1.82) is 0 Å². The van der Waals surface area contributed by atoms with Crippen LogP contribution >= 0.6 is 0 Å². The second kappa shape index (κ2) is 15.5. The van der Waals surface area contributed by atoms with Gasteiger partial charge in [-0.3, -0.25) is 19.2 Å². The zero-order chi connectivity index (χ0) is 41.7. The Morgan fingerprint density at radius 2 is 1.81 bits per heavy atom. The van der Waals surface area contributed by atoms with Crippen LogP contribution in [0, 0.1) is 29.1 Å². The molecule has 2 aliphatic carbocycles. The summed E-state index contributed by atoms with van der Waals surface area (Å²) < 4.78 is 100. The van der Waals surface area contributed by atoms with Crippen LogP contribution in [-0.4, -0.2) is 84.4 Å². The van der Waals surface area contributed by atoms with Crippen molar-refractivity contribution in [3.63, 3.8) is 0 Å². The minimum atomic E-state index is -4.88. The lowest BCUT2D eigenvalue weighted by molar-refractivity contribution is -0.257. The van der Waals surface area contributed by atoms with Crippen LogP contribution in [-0.2, 0) is 33.9 Å². The number of hydrogen-bond donors (Lipinski definition) is 1. The Balaban J connectivity index is 1.35. The van der Waals surface area contributed by atoms with Crippen molar-refractivity contribution in [3.8, 4) is 11.6 Å².